The number of allylic oxidation sites excluding steroid dienone is 2. The second kappa shape index (κ2) is 8.87. The van der Waals surface area contributed by atoms with Crippen LogP contribution in [0.25, 0.3) is 6.08 Å². The van der Waals surface area contributed by atoms with E-state index in [1.165, 1.54) is 28.5 Å². The lowest BCUT2D eigenvalue weighted by atomic mass is 10.1. The molecule has 2 N–H and O–H groups in total. The Labute approximate surface area is 169 Å². The molecule has 1 fully saturated rings. The molecule has 0 bridgehead atoms. The highest BCUT2D eigenvalue weighted by molar-refractivity contribution is 5.84. The second-order valence-electron chi connectivity index (χ2n) is 7.16. The van der Waals surface area contributed by atoms with Crippen LogP contribution in [0, 0.1) is 6.92 Å². The van der Waals surface area contributed by atoms with Gasteiger partial charge in [0.2, 0.25) is 5.95 Å². The van der Waals surface area contributed by atoms with Crippen LogP contribution >= 0.6 is 0 Å². The van der Waals surface area contributed by atoms with E-state index in [1.54, 1.807) is 6.92 Å². The van der Waals surface area contributed by atoms with Crippen LogP contribution in [-0.2, 0) is 4.74 Å². The van der Waals surface area contributed by atoms with Crippen LogP contribution in [0.2, 0.25) is 0 Å². The van der Waals surface area contributed by atoms with Crippen molar-refractivity contribution in [1.29, 1.82) is 0 Å². The van der Waals surface area contributed by atoms with Crippen molar-refractivity contribution in [2.24, 2.45) is 5.10 Å². The molecule has 0 atom stereocenters. The number of hydrazone groups is 1. The summed E-state index contributed by atoms with van der Waals surface area (Å²) in [5.74, 6) is 0.345. The zero-order valence-corrected chi connectivity index (χ0v) is 16.5. The molecule has 2 aromatic rings. The molecule has 1 aliphatic heterocycles. The van der Waals surface area contributed by atoms with Gasteiger partial charge < -0.3 is 9.64 Å². The molecule has 7 nitrogen and oxygen atoms in total. The van der Waals surface area contributed by atoms with Crippen LogP contribution in [0.15, 0.2) is 63.1 Å². The normalized spacial score (nSPS) is 18.8. The fourth-order valence-corrected chi connectivity index (χ4v) is 3.73. The van der Waals surface area contributed by atoms with Gasteiger partial charge in [-0.1, -0.05) is 30.3 Å². The molecule has 0 spiro atoms. The van der Waals surface area contributed by atoms with Gasteiger partial charge in [-0.25, -0.2) is 10.4 Å². The first-order valence-electron chi connectivity index (χ1n) is 9.88. The molecule has 2 aliphatic rings. The Balaban J connectivity index is 1.61. The Bertz CT molecular complexity index is 1000. The van der Waals surface area contributed by atoms with Gasteiger partial charge in [-0.2, -0.15) is 5.10 Å². The first-order chi connectivity index (χ1) is 14.2. The number of aromatic nitrogens is 2. The number of benzene rings is 1. The highest BCUT2D eigenvalue weighted by atomic mass is 16.5. The molecular formula is C22H25N5O2. The minimum Gasteiger partial charge on any atom is -0.378 e. The smallest absolute Gasteiger partial charge is 0.252 e. The Morgan fingerprint density at radius 2 is 2.00 bits per heavy atom. The largest absolute Gasteiger partial charge is 0.378 e. The van der Waals surface area contributed by atoms with Crippen LogP contribution < -0.4 is 11.0 Å². The highest BCUT2D eigenvalue weighted by Crippen LogP contribution is 2.34. The summed E-state index contributed by atoms with van der Waals surface area (Å²) in [4.78, 5) is 20.9. The number of aromatic amines is 1. The molecule has 1 aromatic heterocycles. The van der Waals surface area contributed by atoms with Crippen molar-refractivity contribution in [2.75, 3.05) is 31.7 Å². The Kier molecular flexibility index (Phi) is 5.86. The van der Waals surface area contributed by atoms with Crippen molar-refractivity contribution in [1.82, 2.24) is 14.9 Å². The topological polar surface area (TPSA) is 82.6 Å². The number of aryl methyl sites for hydroxylation is 1. The maximum atomic E-state index is 11.6. The van der Waals surface area contributed by atoms with Crippen molar-refractivity contribution in [2.45, 2.75) is 19.8 Å². The summed E-state index contributed by atoms with van der Waals surface area (Å²) >= 11 is 0. The number of hydrogen-bond donors (Lipinski definition) is 2. The molecule has 4 rings (SSSR count). The molecule has 0 unspecified atom stereocenters. The third-order valence-electron chi connectivity index (χ3n) is 5.00. The minimum absolute atomic E-state index is 0.197. The van der Waals surface area contributed by atoms with Crippen molar-refractivity contribution in [3.8, 4) is 0 Å². The van der Waals surface area contributed by atoms with E-state index in [0.717, 1.165) is 39.1 Å². The minimum atomic E-state index is -0.197. The molecule has 0 saturated carbocycles. The summed E-state index contributed by atoms with van der Waals surface area (Å²) in [6.45, 7) is 5.00. The van der Waals surface area contributed by atoms with Gasteiger partial charge in [0.05, 0.1) is 19.4 Å². The fraction of sp³-hybridized carbons (Fsp3) is 0.318. The van der Waals surface area contributed by atoms with Gasteiger partial charge in [0, 0.05) is 30.5 Å². The first-order valence-corrected chi connectivity index (χ1v) is 9.88. The summed E-state index contributed by atoms with van der Waals surface area (Å²) in [6.07, 6.45) is 6.01. The van der Waals surface area contributed by atoms with Gasteiger partial charge in [0.15, 0.2) is 0 Å². The van der Waals surface area contributed by atoms with Gasteiger partial charge in [0.1, 0.15) is 0 Å². The van der Waals surface area contributed by atoms with E-state index in [4.69, 9.17) is 4.74 Å². The summed E-state index contributed by atoms with van der Waals surface area (Å²) in [5, 5.41) is 4.34. The third-order valence-corrected chi connectivity index (χ3v) is 5.00. The van der Waals surface area contributed by atoms with E-state index in [9.17, 15) is 4.79 Å². The summed E-state index contributed by atoms with van der Waals surface area (Å²) in [7, 11) is 0. The van der Waals surface area contributed by atoms with Crippen molar-refractivity contribution in [3.05, 3.63) is 74.9 Å². The van der Waals surface area contributed by atoms with Crippen LogP contribution in [0.1, 0.15) is 24.1 Å². The van der Waals surface area contributed by atoms with Gasteiger partial charge in [0.25, 0.3) is 5.56 Å². The SMILES string of the molecule is Cc1cc(=O)[nH]c(N/N=C/C2=C(N3CCOCC3)C(=C/c3ccccc3)/CC2)n1. The van der Waals surface area contributed by atoms with Crippen LogP contribution in [0.4, 0.5) is 5.95 Å². The van der Waals surface area contributed by atoms with E-state index in [1.807, 2.05) is 12.3 Å². The van der Waals surface area contributed by atoms with Crippen LogP contribution in [0.5, 0.6) is 0 Å². The molecule has 0 amide bonds. The summed E-state index contributed by atoms with van der Waals surface area (Å²) in [5.41, 5.74) is 8.24. The molecule has 2 heterocycles. The third kappa shape index (κ3) is 4.81. The van der Waals surface area contributed by atoms with Gasteiger partial charge >= 0.3 is 0 Å². The average molecular weight is 391 g/mol. The molecule has 1 aromatic carbocycles. The standard InChI is InChI=1S/C22H25N5O2/c1-16-13-20(28)25-22(24-16)26-23-15-19-8-7-18(14-17-5-3-2-4-6-17)21(19)27-9-11-29-12-10-27/h2-6,13-15H,7-12H2,1H3,(H2,24,25,26,28)/b18-14+,23-15+. The van der Waals surface area contributed by atoms with Gasteiger partial charge in [-0.05, 0) is 42.6 Å². The maximum Gasteiger partial charge on any atom is 0.252 e. The zero-order valence-electron chi connectivity index (χ0n) is 16.5. The van der Waals surface area contributed by atoms with Gasteiger partial charge in [-0.15, -0.1) is 0 Å². The summed E-state index contributed by atoms with van der Waals surface area (Å²) < 4.78 is 5.54. The molecule has 29 heavy (non-hydrogen) atoms. The predicted octanol–water partition coefficient (Wildman–Crippen LogP) is 2.94. The number of ether oxygens (including phenoxy) is 1. The number of morpholine rings is 1. The van der Waals surface area contributed by atoms with Crippen molar-refractivity contribution in [3.63, 3.8) is 0 Å². The van der Waals surface area contributed by atoms with Crippen LogP contribution in [0.3, 0.4) is 0 Å². The van der Waals surface area contributed by atoms with E-state index >= 15 is 0 Å². The number of hydrogen-bond acceptors (Lipinski definition) is 6. The number of H-pyrrole nitrogens is 1. The maximum absolute atomic E-state index is 11.6. The first kappa shape index (κ1) is 19.1. The van der Waals surface area contributed by atoms with E-state index in [2.05, 4.69) is 55.7 Å². The molecular weight excluding hydrogens is 366 g/mol. The van der Waals surface area contributed by atoms with E-state index < -0.39 is 0 Å². The van der Waals surface area contributed by atoms with E-state index in [0.29, 0.717) is 11.6 Å². The monoisotopic (exact) mass is 391 g/mol. The zero-order chi connectivity index (χ0) is 20.1. The Morgan fingerprint density at radius 1 is 1.21 bits per heavy atom. The number of nitrogens with zero attached hydrogens (tertiary/aromatic N) is 3. The predicted molar refractivity (Wildman–Crippen MR) is 115 cm³/mol. The molecule has 150 valence electrons. The Hall–Kier alpha value is -3.19. The van der Waals surface area contributed by atoms with Gasteiger partial charge in [-0.3, -0.25) is 9.78 Å². The van der Waals surface area contributed by atoms with E-state index in [-0.39, 0.29) is 5.56 Å². The fourth-order valence-electron chi connectivity index (χ4n) is 3.73. The van der Waals surface area contributed by atoms with Crippen molar-refractivity contribution < 1.29 is 4.74 Å². The number of anilines is 1. The molecule has 7 heteroatoms. The molecule has 1 aliphatic carbocycles. The Morgan fingerprint density at radius 3 is 2.76 bits per heavy atom. The lowest BCUT2D eigenvalue weighted by Gasteiger charge is -2.31. The highest BCUT2D eigenvalue weighted by Gasteiger charge is 2.25. The van der Waals surface area contributed by atoms with Crippen molar-refractivity contribution >= 4 is 18.2 Å². The molecule has 1 saturated heterocycles. The quantitative estimate of drug-likeness (QED) is 0.605. The number of nitrogens with one attached hydrogen (secondary N) is 2. The number of rotatable bonds is 5. The second-order valence-corrected chi connectivity index (χ2v) is 7.16. The molecule has 0 radical (unpaired) electrons. The summed E-state index contributed by atoms with van der Waals surface area (Å²) in [6, 6.07) is 11.8. The lowest BCUT2D eigenvalue weighted by molar-refractivity contribution is 0.0548. The average Bonchev–Trinajstić information content (AvgIpc) is 3.11. The van der Waals surface area contributed by atoms with Crippen LogP contribution in [-0.4, -0.2) is 47.4 Å². The lowest BCUT2D eigenvalue weighted by Crippen LogP contribution is -2.36.